The Labute approximate surface area is 163 Å². The lowest BCUT2D eigenvalue weighted by Crippen LogP contribution is -2.50. The molecular formula is C20H15IN2O3. The van der Waals surface area contributed by atoms with Crippen molar-refractivity contribution in [2.75, 3.05) is 0 Å². The minimum Gasteiger partial charge on any atom is -0.465 e. The van der Waals surface area contributed by atoms with Crippen molar-refractivity contribution in [1.29, 1.82) is 5.26 Å². The van der Waals surface area contributed by atoms with Gasteiger partial charge in [-0.15, -0.1) is 0 Å². The zero-order valence-corrected chi connectivity index (χ0v) is 15.9. The molecule has 26 heavy (non-hydrogen) atoms. The lowest BCUT2D eigenvalue weighted by atomic mass is 9.72. The van der Waals surface area contributed by atoms with Gasteiger partial charge in [-0.05, 0) is 65.6 Å². The molecule has 130 valence electrons. The van der Waals surface area contributed by atoms with Gasteiger partial charge in [0.05, 0.1) is 20.7 Å². The second kappa shape index (κ2) is 6.32. The number of halogens is 1. The van der Waals surface area contributed by atoms with E-state index in [2.05, 4.69) is 34.0 Å². The van der Waals surface area contributed by atoms with Crippen LogP contribution in [-0.4, -0.2) is 11.2 Å². The number of nitriles is 1. The molecule has 1 heterocycles. The van der Waals surface area contributed by atoms with Gasteiger partial charge < -0.3 is 14.8 Å². The molecule has 1 aliphatic rings. The Bertz CT molecular complexity index is 1040. The van der Waals surface area contributed by atoms with Gasteiger partial charge in [-0.25, -0.2) is 4.79 Å². The molecule has 0 unspecified atom stereocenters. The molecule has 5 nitrogen and oxygen atoms in total. The van der Waals surface area contributed by atoms with E-state index in [1.165, 1.54) is 0 Å². The third-order valence-corrected chi connectivity index (χ3v) is 6.08. The van der Waals surface area contributed by atoms with Gasteiger partial charge in [0.15, 0.2) is 0 Å². The highest BCUT2D eigenvalue weighted by Gasteiger charge is 2.40. The molecule has 1 aromatic heterocycles. The second-order valence-corrected chi connectivity index (χ2v) is 7.59. The van der Waals surface area contributed by atoms with E-state index in [9.17, 15) is 4.79 Å². The summed E-state index contributed by atoms with van der Waals surface area (Å²) in [5, 5.41) is 21.8. The maximum atomic E-state index is 11.1. The summed E-state index contributed by atoms with van der Waals surface area (Å²) < 4.78 is 6.95. The molecule has 0 radical (unpaired) electrons. The van der Waals surface area contributed by atoms with E-state index in [4.69, 9.17) is 14.8 Å². The molecule has 0 spiro atoms. The Balaban J connectivity index is 1.71. The zero-order chi connectivity index (χ0) is 18.3. The first-order chi connectivity index (χ1) is 12.5. The van der Waals surface area contributed by atoms with Gasteiger partial charge in [-0.3, -0.25) is 0 Å². The molecule has 0 atom stereocenters. The molecule has 1 amide bonds. The van der Waals surface area contributed by atoms with E-state index in [0.717, 1.165) is 50.7 Å². The number of carbonyl (C=O) groups is 1. The van der Waals surface area contributed by atoms with Crippen LogP contribution in [0.4, 0.5) is 4.79 Å². The van der Waals surface area contributed by atoms with Crippen LogP contribution < -0.4 is 5.32 Å². The Hall–Kier alpha value is -2.53. The van der Waals surface area contributed by atoms with E-state index in [1.807, 2.05) is 36.4 Å². The number of nitrogens with one attached hydrogen (secondary N) is 1. The Morgan fingerprint density at radius 3 is 2.54 bits per heavy atom. The maximum Gasteiger partial charge on any atom is 0.405 e. The summed E-state index contributed by atoms with van der Waals surface area (Å²) >= 11 is 2.24. The second-order valence-electron chi connectivity index (χ2n) is 6.51. The monoisotopic (exact) mass is 458 g/mol. The molecule has 3 aromatic rings. The number of carboxylic acid groups (broad SMARTS) is 1. The largest absolute Gasteiger partial charge is 0.465 e. The average Bonchev–Trinajstić information content (AvgIpc) is 2.94. The molecule has 1 saturated carbocycles. The number of amides is 1. The van der Waals surface area contributed by atoms with Crippen molar-refractivity contribution in [3.05, 3.63) is 57.2 Å². The van der Waals surface area contributed by atoms with Gasteiger partial charge in [-0.1, -0.05) is 24.3 Å². The molecule has 4 rings (SSSR count). The summed E-state index contributed by atoms with van der Waals surface area (Å²) in [5.41, 5.74) is 2.79. The van der Waals surface area contributed by atoms with Gasteiger partial charge in [0.2, 0.25) is 0 Å². The zero-order valence-electron chi connectivity index (χ0n) is 13.8. The molecule has 2 aromatic carbocycles. The van der Waals surface area contributed by atoms with E-state index in [-0.39, 0.29) is 0 Å². The fourth-order valence-corrected chi connectivity index (χ4v) is 4.33. The topological polar surface area (TPSA) is 86.3 Å². The number of nitrogens with zero attached hydrogens (tertiary/aromatic N) is 1. The normalized spacial score (nSPS) is 15.2. The predicted molar refractivity (Wildman–Crippen MR) is 106 cm³/mol. The minimum atomic E-state index is -0.992. The van der Waals surface area contributed by atoms with Crippen LogP contribution in [0, 0.1) is 14.9 Å². The van der Waals surface area contributed by atoms with E-state index >= 15 is 0 Å². The predicted octanol–water partition coefficient (Wildman–Crippen LogP) is 5.22. The molecule has 1 aliphatic carbocycles. The molecule has 6 heteroatoms. The number of hydrogen-bond donors (Lipinski definition) is 2. The molecule has 2 N–H and O–H groups in total. The highest BCUT2D eigenvalue weighted by atomic mass is 127. The lowest BCUT2D eigenvalue weighted by Gasteiger charge is -2.42. The molecule has 1 fully saturated rings. The summed E-state index contributed by atoms with van der Waals surface area (Å²) in [6, 6.07) is 15.4. The first-order valence-electron chi connectivity index (χ1n) is 8.27. The summed E-state index contributed by atoms with van der Waals surface area (Å²) in [6.45, 7) is 0. The summed E-state index contributed by atoms with van der Waals surface area (Å²) in [7, 11) is 0. The van der Waals surface area contributed by atoms with Gasteiger partial charge in [0, 0.05) is 10.9 Å². The standard InChI is InChI=1S/C20H15IN2O3/c21-17-15-10-12(11-22)2-7-16(15)26-18(17)13-3-5-14(6-4-13)20(8-1-9-20)23-19(24)25/h2-7,10,23H,1,8-9H2,(H,24,25). The highest BCUT2D eigenvalue weighted by molar-refractivity contribution is 14.1. The maximum absolute atomic E-state index is 11.1. The highest BCUT2D eigenvalue weighted by Crippen LogP contribution is 2.42. The first-order valence-corrected chi connectivity index (χ1v) is 9.34. The summed E-state index contributed by atoms with van der Waals surface area (Å²) in [4.78, 5) is 11.1. The summed E-state index contributed by atoms with van der Waals surface area (Å²) in [6.07, 6.45) is 1.66. The van der Waals surface area contributed by atoms with Crippen molar-refractivity contribution in [3.63, 3.8) is 0 Å². The van der Waals surface area contributed by atoms with Crippen molar-refractivity contribution < 1.29 is 14.3 Å². The molecule has 0 aliphatic heterocycles. The van der Waals surface area contributed by atoms with Crippen LogP contribution in [0.3, 0.4) is 0 Å². The van der Waals surface area contributed by atoms with E-state index in [1.54, 1.807) is 6.07 Å². The smallest absolute Gasteiger partial charge is 0.405 e. The molecule has 0 bridgehead atoms. The fraction of sp³-hybridized carbons (Fsp3) is 0.200. The van der Waals surface area contributed by atoms with Crippen molar-refractivity contribution in [3.8, 4) is 17.4 Å². The van der Waals surface area contributed by atoms with Crippen molar-refractivity contribution >= 4 is 39.7 Å². The van der Waals surface area contributed by atoms with Gasteiger partial charge >= 0.3 is 6.09 Å². The third-order valence-electron chi connectivity index (χ3n) is 5.01. The van der Waals surface area contributed by atoms with Crippen molar-refractivity contribution in [2.45, 2.75) is 24.8 Å². The number of furan rings is 1. The van der Waals surface area contributed by atoms with Crippen LogP contribution in [0.1, 0.15) is 30.4 Å². The van der Waals surface area contributed by atoms with Gasteiger partial charge in [0.25, 0.3) is 0 Å². The quantitative estimate of drug-likeness (QED) is 0.527. The SMILES string of the molecule is N#Cc1ccc2oc(-c3ccc(C4(NC(=O)O)CCC4)cc3)c(I)c2c1. The van der Waals surface area contributed by atoms with Crippen LogP contribution in [0.15, 0.2) is 46.9 Å². The van der Waals surface area contributed by atoms with Crippen LogP contribution in [-0.2, 0) is 5.54 Å². The van der Waals surface area contributed by atoms with Crippen LogP contribution in [0.5, 0.6) is 0 Å². The molecular weight excluding hydrogens is 443 g/mol. The number of benzene rings is 2. The van der Waals surface area contributed by atoms with Crippen LogP contribution in [0.25, 0.3) is 22.3 Å². The third kappa shape index (κ3) is 2.72. The molecule has 0 saturated heterocycles. The Morgan fingerprint density at radius 2 is 1.96 bits per heavy atom. The Morgan fingerprint density at radius 1 is 1.23 bits per heavy atom. The minimum absolute atomic E-state index is 0.465. The number of hydrogen-bond acceptors (Lipinski definition) is 3. The summed E-state index contributed by atoms with van der Waals surface area (Å²) in [5.74, 6) is 0.760. The van der Waals surface area contributed by atoms with Gasteiger partial charge in [-0.2, -0.15) is 5.26 Å². The lowest BCUT2D eigenvalue weighted by molar-refractivity contribution is 0.144. The Kier molecular flexibility index (Phi) is 4.11. The van der Waals surface area contributed by atoms with Gasteiger partial charge in [0.1, 0.15) is 11.3 Å². The number of fused-ring (bicyclic) bond motifs is 1. The van der Waals surface area contributed by atoms with Crippen LogP contribution in [0.2, 0.25) is 0 Å². The van der Waals surface area contributed by atoms with Crippen LogP contribution >= 0.6 is 22.6 Å². The van der Waals surface area contributed by atoms with Crippen molar-refractivity contribution in [1.82, 2.24) is 5.32 Å². The van der Waals surface area contributed by atoms with E-state index in [0.29, 0.717) is 5.56 Å². The first kappa shape index (κ1) is 16.9. The van der Waals surface area contributed by atoms with E-state index < -0.39 is 11.6 Å². The number of rotatable bonds is 3. The average molecular weight is 458 g/mol. The van der Waals surface area contributed by atoms with Crippen molar-refractivity contribution in [2.24, 2.45) is 0 Å². The fourth-order valence-electron chi connectivity index (χ4n) is 3.48.